The average Bonchev–Trinajstić information content (AvgIpc) is 3.18. The SMILES string of the molecule is CC(=O)Nc1cccc(C(=O)N2CCCN2C(=O)OCc2ccccc2)c1Cl. The number of nitrogens with one attached hydrogen (secondary N) is 1. The van der Waals surface area contributed by atoms with E-state index >= 15 is 0 Å². The molecule has 28 heavy (non-hydrogen) atoms. The molecule has 3 rings (SSSR count). The van der Waals surface area contributed by atoms with Gasteiger partial charge in [-0.3, -0.25) is 9.59 Å². The minimum Gasteiger partial charge on any atom is -0.443 e. The third-order valence-electron chi connectivity index (χ3n) is 4.22. The number of rotatable bonds is 4. The van der Waals surface area contributed by atoms with E-state index in [-0.39, 0.29) is 23.1 Å². The fourth-order valence-corrected chi connectivity index (χ4v) is 3.18. The standard InChI is InChI=1S/C20H20ClN3O4/c1-14(25)22-17-10-5-9-16(18(17)21)19(26)23-11-6-12-24(23)20(27)28-13-15-7-3-2-4-8-15/h2-5,7-10H,6,11-13H2,1H3,(H,22,25). The minimum atomic E-state index is -0.594. The molecule has 2 aromatic carbocycles. The van der Waals surface area contributed by atoms with E-state index in [4.69, 9.17) is 16.3 Å². The number of hydrazine groups is 1. The highest BCUT2D eigenvalue weighted by Gasteiger charge is 2.33. The van der Waals surface area contributed by atoms with Crippen LogP contribution in [0.2, 0.25) is 5.02 Å². The number of anilines is 1. The molecule has 0 bridgehead atoms. The van der Waals surface area contributed by atoms with E-state index < -0.39 is 12.0 Å². The molecule has 1 aliphatic heterocycles. The highest BCUT2D eigenvalue weighted by Crippen LogP contribution is 2.28. The first-order chi connectivity index (χ1) is 13.5. The zero-order chi connectivity index (χ0) is 20.1. The Morgan fingerprint density at radius 3 is 2.46 bits per heavy atom. The maximum atomic E-state index is 13.0. The van der Waals surface area contributed by atoms with E-state index in [1.54, 1.807) is 18.2 Å². The number of carbonyl (C=O) groups excluding carboxylic acids is 3. The van der Waals surface area contributed by atoms with Crippen molar-refractivity contribution in [3.8, 4) is 0 Å². The van der Waals surface area contributed by atoms with E-state index in [0.29, 0.717) is 25.2 Å². The maximum Gasteiger partial charge on any atom is 0.429 e. The van der Waals surface area contributed by atoms with Gasteiger partial charge in [-0.05, 0) is 24.1 Å². The lowest BCUT2D eigenvalue weighted by Gasteiger charge is -2.27. The Kier molecular flexibility index (Phi) is 6.16. The van der Waals surface area contributed by atoms with Crippen molar-refractivity contribution in [2.24, 2.45) is 0 Å². The van der Waals surface area contributed by atoms with Crippen molar-refractivity contribution in [2.75, 3.05) is 18.4 Å². The smallest absolute Gasteiger partial charge is 0.429 e. The number of benzene rings is 2. The molecule has 0 spiro atoms. The molecule has 0 aliphatic carbocycles. The number of hydrogen-bond acceptors (Lipinski definition) is 4. The third kappa shape index (κ3) is 4.43. The van der Waals surface area contributed by atoms with Crippen LogP contribution in [0.1, 0.15) is 29.3 Å². The first-order valence-electron chi connectivity index (χ1n) is 8.83. The molecular formula is C20H20ClN3O4. The number of halogens is 1. The summed E-state index contributed by atoms with van der Waals surface area (Å²) in [5, 5.41) is 5.33. The van der Waals surface area contributed by atoms with E-state index in [0.717, 1.165) is 5.56 Å². The second kappa shape index (κ2) is 8.75. The van der Waals surface area contributed by atoms with Gasteiger partial charge < -0.3 is 10.1 Å². The zero-order valence-electron chi connectivity index (χ0n) is 15.4. The molecule has 146 valence electrons. The largest absolute Gasteiger partial charge is 0.443 e. The van der Waals surface area contributed by atoms with E-state index in [9.17, 15) is 14.4 Å². The van der Waals surface area contributed by atoms with Crippen molar-refractivity contribution in [3.05, 3.63) is 64.7 Å². The lowest BCUT2D eigenvalue weighted by molar-refractivity contribution is -0.114. The highest BCUT2D eigenvalue weighted by atomic mass is 35.5. The minimum absolute atomic E-state index is 0.122. The molecule has 1 heterocycles. The lowest BCUT2D eigenvalue weighted by Crippen LogP contribution is -2.45. The molecule has 8 heteroatoms. The number of amides is 3. The van der Waals surface area contributed by atoms with Crippen LogP contribution >= 0.6 is 11.6 Å². The molecule has 0 radical (unpaired) electrons. The zero-order valence-corrected chi connectivity index (χ0v) is 16.1. The highest BCUT2D eigenvalue weighted by molar-refractivity contribution is 6.36. The summed E-state index contributed by atoms with van der Waals surface area (Å²) in [7, 11) is 0. The Bertz CT molecular complexity index is 888. The van der Waals surface area contributed by atoms with Gasteiger partial charge in [0.1, 0.15) is 6.61 Å². The van der Waals surface area contributed by atoms with Crippen LogP contribution in [0.4, 0.5) is 10.5 Å². The van der Waals surface area contributed by atoms with Gasteiger partial charge in [0.15, 0.2) is 0 Å². The van der Waals surface area contributed by atoms with Gasteiger partial charge in [0, 0.05) is 20.0 Å². The van der Waals surface area contributed by atoms with Crippen LogP contribution in [0.25, 0.3) is 0 Å². The Morgan fingerprint density at radius 1 is 1.04 bits per heavy atom. The normalized spacial score (nSPS) is 13.4. The van der Waals surface area contributed by atoms with Crippen molar-refractivity contribution < 1.29 is 19.1 Å². The van der Waals surface area contributed by atoms with Crippen LogP contribution in [0.3, 0.4) is 0 Å². The molecule has 1 aliphatic rings. The van der Waals surface area contributed by atoms with Crippen LogP contribution in [0.5, 0.6) is 0 Å². The quantitative estimate of drug-likeness (QED) is 0.847. The van der Waals surface area contributed by atoms with Gasteiger partial charge in [0.05, 0.1) is 16.3 Å². The van der Waals surface area contributed by atoms with Crippen molar-refractivity contribution in [1.82, 2.24) is 10.0 Å². The Morgan fingerprint density at radius 2 is 1.75 bits per heavy atom. The van der Waals surface area contributed by atoms with Crippen LogP contribution in [-0.2, 0) is 16.1 Å². The van der Waals surface area contributed by atoms with Crippen molar-refractivity contribution in [1.29, 1.82) is 0 Å². The first kappa shape index (κ1) is 19.7. The van der Waals surface area contributed by atoms with Crippen molar-refractivity contribution >= 4 is 35.2 Å². The summed E-state index contributed by atoms with van der Waals surface area (Å²) in [5.41, 5.74) is 1.41. The number of carbonyl (C=O) groups is 3. The second-order valence-electron chi connectivity index (χ2n) is 6.29. The summed E-state index contributed by atoms with van der Waals surface area (Å²) in [6.45, 7) is 2.23. The molecule has 0 atom stereocenters. The molecule has 7 nitrogen and oxygen atoms in total. The number of nitrogens with zero attached hydrogens (tertiary/aromatic N) is 2. The molecule has 0 aromatic heterocycles. The van der Waals surface area contributed by atoms with Crippen LogP contribution in [0.15, 0.2) is 48.5 Å². The van der Waals surface area contributed by atoms with Gasteiger partial charge in [0.2, 0.25) is 5.91 Å². The summed E-state index contributed by atoms with van der Waals surface area (Å²) in [6, 6.07) is 14.1. The summed E-state index contributed by atoms with van der Waals surface area (Å²) in [4.78, 5) is 36.8. The average molecular weight is 402 g/mol. The Hall–Kier alpha value is -3.06. The van der Waals surface area contributed by atoms with Gasteiger partial charge in [-0.2, -0.15) is 0 Å². The van der Waals surface area contributed by atoms with E-state index in [2.05, 4.69) is 5.32 Å². The molecule has 2 aromatic rings. The van der Waals surface area contributed by atoms with Crippen LogP contribution in [0, 0.1) is 0 Å². The van der Waals surface area contributed by atoms with Gasteiger partial charge in [0.25, 0.3) is 5.91 Å². The topological polar surface area (TPSA) is 79.0 Å². The number of hydrogen-bond donors (Lipinski definition) is 1. The van der Waals surface area contributed by atoms with E-state index in [1.165, 1.54) is 16.9 Å². The molecule has 0 saturated carbocycles. The summed E-state index contributed by atoms with van der Waals surface area (Å²) in [5.74, 6) is -0.717. The van der Waals surface area contributed by atoms with Gasteiger partial charge in [-0.15, -0.1) is 0 Å². The number of ether oxygens (including phenoxy) is 1. The molecule has 1 saturated heterocycles. The van der Waals surface area contributed by atoms with Crippen molar-refractivity contribution in [2.45, 2.75) is 20.0 Å². The molecule has 0 unspecified atom stereocenters. The third-order valence-corrected chi connectivity index (χ3v) is 4.63. The fourth-order valence-electron chi connectivity index (χ4n) is 2.93. The molecule has 1 fully saturated rings. The lowest BCUT2D eigenvalue weighted by atomic mass is 10.1. The fraction of sp³-hybridized carbons (Fsp3) is 0.250. The molecule has 3 amide bonds. The monoisotopic (exact) mass is 401 g/mol. The molecule has 1 N–H and O–H groups in total. The van der Waals surface area contributed by atoms with Crippen LogP contribution in [-0.4, -0.2) is 41.0 Å². The van der Waals surface area contributed by atoms with E-state index in [1.807, 2.05) is 30.3 Å². The maximum absolute atomic E-state index is 13.0. The van der Waals surface area contributed by atoms with Gasteiger partial charge in [-0.25, -0.2) is 14.8 Å². The Balaban J connectivity index is 1.72. The summed E-state index contributed by atoms with van der Waals surface area (Å²) in [6.07, 6.45) is 0.0404. The van der Waals surface area contributed by atoms with Crippen molar-refractivity contribution in [3.63, 3.8) is 0 Å². The predicted molar refractivity (Wildman–Crippen MR) is 105 cm³/mol. The summed E-state index contributed by atoms with van der Waals surface area (Å²) >= 11 is 6.30. The van der Waals surface area contributed by atoms with Gasteiger partial charge >= 0.3 is 6.09 Å². The first-order valence-corrected chi connectivity index (χ1v) is 9.21. The molecular weight excluding hydrogens is 382 g/mol. The van der Waals surface area contributed by atoms with Gasteiger partial charge in [-0.1, -0.05) is 48.0 Å². The predicted octanol–water partition coefficient (Wildman–Crippen LogP) is 3.70. The summed E-state index contributed by atoms with van der Waals surface area (Å²) < 4.78 is 5.34. The Labute approximate surface area is 167 Å². The second-order valence-corrected chi connectivity index (χ2v) is 6.67. The van der Waals surface area contributed by atoms with Crippen LogP contribution < -0.4 is 5.32 Å².